The molecule has 0 unspecified atom stereocenters. The van der Waals surface area contributed by atoms with E-state index in [9.17, 15) is 9.59 Å². The molecule has 0 radical (unpaired) electrons. The summed E-state index contributed by atoms with van der Waals surface area (Å²) in [6, 6.07) is 16.2. The first-order valence-electron chi connectivity index (χ1n) is 7.99. The SMILES string of the molecule is C#CCNC(=O)CNC(=O)OCC1c2ccccc2-c2ccccc21. The number of alkyl carbamates (subject to hydrolysis) is 1. The van der Waals surface area contributed by atoms with Gasteiger partial charge in [-0.2, -0.15) is 0 Å². The predicted molar refractivity (Wildman–Crippen MR) is 94.9 cm³/mol. The Balaban J connectivity index is 1.61. The molecule has 2 aromatic rings. The van der Waals surface area contributed by atoms with Crippen molar-refractivity contribution in [2.24, 2.45) is 0 Å². The zero-order chi connectivity index (χ0) is 17.6. The molecule has 2 amide bonds. The van der Waals surface area contributed by atoms with Gasteiger partial charge in [0, 0.05) is 5.92 Å². The number of fused-ring (bicyclic) bond motifs is 3. The van der Waals surface area contributed by atoms with Crippen LogP contribution in [0.5, 0.6) is 0 Å². The standard InChI is InChI=1S/C20H18N2O3/c1-2-11-21-19(23)12-22-20(24)25-13-18-16-9-5-3-7-14(16)15-8-4-6-10-17(15)18/h1,3-10,18H,11-13H2,(H,21,23)(H,22,24). The van der Waals surface area contributed by atoms with Crippen LogP contribution in [0.25, 0.3) is 11.1 Å². The van der Waals surface area contributed by atoms with Gasteiger partial charge in [0.15, 0.2) is 0 Å². The van der Waals surface area contributed by atoms with Gasteiger partial charge in [-0.15, -0.1) is 6.42 Å². The highest BCUT2D eigenvalue weighted by atomic mass is 16.5. The highest BCUT2D eigenvalue weighted by Crippen LogP contribution is 2.44. The lowest BCUT2D eigenvalue weighted by molar-refractivity contribution is -0.119. The van der Waals surface area contributed by atoms with Gasteiger partial charge in [-0.3, -0.25) is 4.79 Å². The van der Waals surface area contributed by atoms with Crippen molar-refractivity contribution in [3.05, 3.63) is 59.7 Å². The zero-order valence-electron chi connectivity index (χ0n) is 13.6. The summed E-state index contributed by atoms with van der Waals surface area (Å²) in [5.74, 6) is 1.93. The Morgan fingerprint density at radius 2 is 1.60 bits per heavy atom. The van der Waals surface area contributed by atoms with Crippen LogP contribution >= 0.6 is 0 Å². The summed E-state index contributed by atoms with van der Waals surface area (Å²) in [5.41, 5.74) is 4.62. The minimum atomic E-state index is -0.627. The van der Waals surface area contributed by atoms with Gasteiger partial charge in [-0.1, -0.05) is 54.5 Å². The van der Waals surface area contributed by atoms with E-state index in [1.54, 1.807) is 0 Å². The fourth-order valence-electron chi connectivity index (χ4n) is 3.01. The molecule has 0 aromatic heterocycles. The Morgan fingerprint density at radius 1 is 1.00 bits per heavy atom. The van der Waals surface area contributed by atoms with E-state index in [-0.39, 0.29) is 31.5 Å². The maximum Gasteiger partial charge on any atom is 0.407 e. The van der Waals surface area contributed by atoms with E-state index in [0.717, 1.165) is 11.1 Å². The largest absolute Gasteiger partial charge is 0.449 e. The zero-order valence-corrected chi connectivity index (χ0v) is 13.6. The van der Waals surface area contributed by atoms with E-state index >= 15 is 0 Å². The fraction of sp³-hybridized carbons (Fsp3) is 0.200. The number of ether oxygens (including phenoxy) is 1. The normalized spacial score (nSPS) is 11.8. The molecule has 2 N–H and O–H groups in total. The molecule has 126 valence electrons. The van der Waals surface area contributed by atoms with Gasteiger partial charge < -0.3 is 15.4 Å². The molecule has 3 rings (SSSR count). The topological polar surface area (TPSA) is 67.4 Å². The van der Waals surface area contributed by atoms with E-state index in [1.165, 1.54) is 11.1 Å². The van der Waals surface area contributed by atoms with Gasteiger partial charge in [-0.25, -0.2) is 4.79 Å². The van der Waals surface area contributed by atoms with Crippen molar-refractivity contribution in [2.75, 3.05) is 19.7 Å². The third-order valence-corrected chi connectivity index (χ3v) is 4.12. The summed E-state index contributed by atoms with van der Waals surface area (Å²) in [5, 5.41) is 4.89. The maximum absolute atomic E-state index is 11.8. The van der Waals surface area contributed by atoms with Crippen molar-refractivity contribution in [1.82, 2.24) is 10.6 Å². The van der Waals surface area contributed by atoms with Crippen molar-refractivity contribution in [2.45, 2.75) is 5.92 Å². The van der Waals surface area contributed by atoms with Crippen LogP contribution in [-0.2, 0) is 9.53 Å². The predicted octanol–water partition coefficient (Wildman–Crippen LogP) is 2.27. The Labute approximate surface area is 146 Å². The van der Waals surface area contributed by atoms with E-state index in [2.05, 4.69) is 40.8 Å². The number of rotatable bonds is 5. The number of carbonyl (C=O) groups is 2. The van der Waals surface area contributed by atoms with Crippen LogP contribution in [0.2, 0.25) is 0 Å². The van der Waals surface area contributed by atoms with Crippen LogP contribution < -0.4 is 10.6 Å². The molecule has 25 heavy (non-hydrogen) atoms. The molecule has 5 nitrogen and oxygen atoms in total. The van der Waals surface area contributed by atoms with Crippen LogP contribution in [0.3, 0.4) is 0 Å². The van der Waals surface area contributed by atoms with Crippen LogP contribution in [-0.4, -0.2) is 31.7 Å². The molecule has 0 heterocycles. The number of nitrogens with one attached hydrogen (secondary N) is 2. The Hall–Kier alpha value is -3.26. The second-order valence-corrected chi connectivity index (χ2v) is 5.66. The molecule has 0 spiro atoms. The molecule has 0 atom stereocenters. The molecule has 0 saturated carbocycles. The monoisotopic (exact) mass is 334 g/mol. The summed E-state index contributed by atoms with van der Waals surface area (Å²) in [7, 11) is 0. The second kappa shape index (κ2) is 7.54. The van der Waals surface area contributed by atoms with Crippen LogP contribution in [0, 0.1) is 12.3 Å². The van der Waals surface area contributed by atoms with Gasteiger partial charge in [-0.05, 0) is 22.3 Å². The highest BCUT2D eigenvalue weighted by molar-refractivity contribution is 5.82. The van der Waals surface area contributed by atoms with Crippen LogP contribution in [0.4, 0.5) is 4.79 Å². The van der Waals surface area contributed by atoms with Crippen LogP contribution in [0.1, 0.15) is 17.0 Å². The van der Waals surface area contributed by atoms with Crippen molar-refractivity contribution < 1.29 is 14.3 Å². The lowest BCUT2D eigenvalue weighted by Crippen LogP contribution is -2.37. The maximum atomic E-state index is 11.8. The molecule has 2 aromatic carbocycles. The number of amides is 2. The quantitative estimate of drug-likeness (QED) is 0.825. The summed E-state index contributed by atoms with van der Waals surface area (Å²) in [6.45, 7) is 0.176. The van der Waals surface area contributed by atoms with Crippen molar-refractivity contribution in [3.63, 3.8) is 0 Å². The summed E-state index contributed by atoms with van der Waals surface area (Å²) < 4.78 is 5.32. The number of terminal acetylenes is 1. The molecule has 1 aliphatic carbocycles. The first-order valence-corrected chi connectivity index (χ1v) is 7.99. The van der Waals surface area contributed by atoms with Gasteiger partial charge in [0.25, 0.3) is 0 Å². The Morgan fingerprint density at radius 3 is 2.20 bits per heavy atom. The Kier molecular flexibility index (Phi) is 5.00. The number of hydrogen-bond acceptors (Lipinski definition) is 3. The van der Waals surface area contributed by atoms with Crippen molar-refractivity contribution >= 4 is 12.0 Å². The molecule has 0 aliphatic heterocycles. The number of benzene rings is 2. The van der Waals surface area contributed by atoms with E-state index in [4.69, 9.17) is 11.2 Å². The number of carbonyl (C=O) groups excluding carboxylic acids is 2. The highest BCUT2D eigenvalue weighted by Gasteiger charge is 2.28. The lowest BCUT2D eigenvalue weighted by atomic mass is 9.98. The summed E-state index contributed by atoms with van der Waals surface area (Å²) in [4.78, 5) is 23.3. The smallest absolute Gasteiger partial charge is 0.407 e. The minimum Gasteiger partial charge on any atom is -0.449 e. The van der Waals surface area contributed by atoms with Gasteiger partial charge in [0.05, 0.1) is 6.54 Å². The molecule has 1 aliphatic rings. The van der Waals surface area contributed by atoms with Crippen molar-refractivity contribution in [1.29, 1.82) is 0 Å². The molecular weight excluding hydrogens is 316 g/mol. The average molecular weight is 334 g/mol. The molecular formula is C20H18N2O3. The molecule has 0 saturated heterocycles. The number of hydrogen-bond donors (Lipinski definition) is 2. The third-order valence-electron chi connectivity index (χ3n) is 4.12. The third kappa shape index (κ3) is 3.64. The van der Waals surface area contributed by atoms with E-state index in [1.807, 2.05) is 24.3 Å². The molecule has 0 bridgehead atoms. The fourth-order valence-corrected chi connectivity index (χ4v) is 3.01. The van der Waals surface area contributed by atoms with Gasteiger partial charge >= 0.3 is 6.09 Å². The first-order chi connectivity index (χ1) is 12.2. The van der Waals surface area contributed by atoms with Gasteiger partial charge in [0.2, 0.25) is 5.91 Å². The second-order valence-electron chi connectivity index (χ2n) is 5.66. The van der Waals surface area contributed by atoms with Crippen molar-refractivity contribution in [3.8, 4) is 23.5 Å². The molecule has 0 fully saturated rings. The minimum absolute atomic E-state index is 0.00610. The lowest BCUT2D eigenvalue weighted by Gasteiger charge is -2.14. The van der Waals surface area contributed by atoms with Crippen LogP contribution in [0.15, 0.2) is 48.5 Å². The average Bonchev–Trinajstić information content (AvgIpc) is 2.97. The van der Waals surface area contributed by atoms with E-state index < -0.39 is 6.09 Å². The van der Waals surface area contributed by atoms with Gasteiger partial charge in [0.1, 0.15) is 13.2 Å². The molecule has 5 heteroatoms. The summed E-state index contributed by atoms with van der Waals surface area (Å²) >= 11 is 0. The Bertz CT molecular complexity index is 793. The van der Waals surface area contributed by atoms with E-state index in [0.29, 0.717) is 0 Å². The summed E-state index contributed by atoms with van der Waals surface area (Å²) in [6.07, 6.45) is 4.42. The first kappa shape index (κ1) is 16.6.